The highest BCUT2D eigenvalue weighted by Crippen LogP contribution is 2.26. The monoisotopic (exact) mass is 309 g/mol. The zero-order valence-electron chi connectivity index (χ0n) is 12.0. The van der Waals surface area contributed by atoms with Crippen molar-refractivity contribution in [2.24, 2.45) is 0 Å². The number of hydrogen-bond donors (Lipinski definition) is 2. The van der Waals surface area contributed by atoms with E-state index in [0.717, 1.165) is 44.9 Å². The summed E-state index contributed by atoms with van der Waals surface area (Å²) in [6.45, 7) is 6.57. The van der Waals surface area contributed by atoms with Gasteiger partial charge in [-0.1, -0.05) is 52.9 Å². The third-order valence-electron chi connectivity index (χ3n) is 3.59. The number of halogens is 1. The van der Waals surface area contributed by atoms with E-state index >= 15 is 0 Å². The van der Waals surface area contributed by atoms with Crippen LogP contribution in [0.3, 0.4) is 0 Å². The van der Waals surface area contributed by atoms with Gasteiger partial charge in [0, 0.05) is 6.42 Å². The molecule has 0 aliphatic heterocycles. The molecule has 0 saturated carbocycles. The van der Waals surface area contributed by atoms with Crippen molar-refractivity contribution < 1.29 is 27.8 Å². The van der Waals surface area contributed by atoms with Gasteiger partial charge in [-0.3, -0.25) is 0 Å². The van der Waals surface area contributed by atoms with Crippen molar-refractivity contribution in [2.45, 2.75) is 90.2 Å². The van der Waals surface area contributed by atoms with E-state index in [-0.39, 0.29) is 23.0 Å². The first-order valence-electron chi connectivity index (χ1n) is 7.16. The van der Waals surface area contributed by atoms with Crippen LogP contribution in [0.1, 0.15) is 78.6 Å². The number of hydrogen-bond acceptors (Lipinski definition) is 1. The minimum atomic E-state index is -0.499. The zero-order chi connectivity index (χ0) is 12.4. The van der Waals surface area contributed by atoms with Gasteiger partial charge in [0.1, 0.15) is 11.6 Å². The third kappa shape index (κ3) is 8.17. The van der Waals surface area contributed by atoms with Crippen molar-refractivity contribution in [3.8, 4) is 0 Å². The molecule has 17 heavy (non-hydrogen) atoms. The van der Waals surface area contributed by atoms with Crippen molar-refractivity contribution in [3.63, 3.8) is 0 Å². The summed E-state index contributed by atoms with van der Waals surface area (Å²) >= 11 is 0. The summed E-state index contributed by atoms with van der Waals surface area (Å²) in [4.78, 5) is 0. The SMILES string of the molecule is CCCCC([NH3+])C(O)(CCCC)CCCC.[Br-]. The number of quaternary nitrogens is 1. The first kappa shape index (κ1) is 19.7. The van der Waals surface area contributed by atoms with Crippen molar-refractivity contribution in [1.29, 1.82) is 0 Å². The lowest BCUT2D eigenvalue weighted by Crippen LogP contribution is -3.00. The van der Waals surface area contributed by atoms with Crippen LogP contribution in [0.15, 0.2) is 0 Å². The molecule has 0 spiro atoms. The summed E-state index contributed by atoms with van der Waals surface area (Å²) in [6, 6.07) is 0.213. The fraction of sp³-hybridized carbons (Fsp3) is 1.00. The molecular formula is C14H32BrNO. The molecule has 4 N–H and O–H groups in total. The second-order valence-electron chi connectivity index (χ2n) is 5.15. The quantitative estimate of drug-likeness (QED) is 0.582. The summed E-state index contributed by atoms with van der Waals surface area (Å²) in [6.07, 6.45) is 9.89. The smallest absolute Gasteiger partial charge is 0.116 e. The van der Waals surface area contributed by atoms with Gasteiger partial charge < -0.3 is 27.8 Å². The molecule has 0 heterocycles. The molecule has 3 heteroatoms. The molecule has 2 nitrogen and oxygen atoms in total. The lowest BCUT2D eigenvalue weighted by molar-refractivity contribution is -0.457. The third-order valence-corrected chi connectivity index (χ3v) is 3.59. The maximum Gasteiger partial charge on any atom is 0.116 e. The Morgan fingerprint density at radius 2 is 1.35 bits per heavy atom. The molecule has 1 unspecified atom stereocenters. The Morgan fingerprint density at radius 1 is 0.941 bits per heavy atom. The van der Waals surface area contributed by atoms with Gasteiger partial charge in [-0.2, -0.15) is 0 Å². The molecule has 0 aromatic carbocycles. The molecule has 0 bridgehead atoms. The van der Waals surface area contributed by atoms with Crippen LogP contribution in [-0.4, -0.2) is 16.7 Å². The Balaban J connectivity index is 0. The Labute approximate surface area is 118 Å². The average molecular weight is 310 g/mol. The highest BCUT2D eigenvalue weighted by molar-refractivity contribution is 4.85. The van der Waals surface area contributed by atoms with Gasteiger partial charge in [-0.25, -0.2) is 0 Å². The molecule has 0 amide bonds. The van der Waals surface area contributed by atoms with Gasteiger partial charge in [-0.15, -0.1) is 0 Å². The molecule has 0 rings (SSSR count). The van der Waals surface area contributed by atoms with Crippen LogP contribution in [0.5, 0.6) is 0 Å². The highest BCUT2D eigenvalue weighted by atomic mass is 79.9. The van der Waals surface area contributed by atoms with Crippen LogP contribution in [-0.2, 0) is 0 Å². The maximum atomic E-state index is 10.7. The summed E-state index contributed by atoms with van der Waals surface area (Å²) < 4.78 is 0. The Hall–Kier alpha value is 0.400. The number of unbranched alkanes of at least 4 members (excludes halogenated alkanes) is 3. The number of rotatable bonds is 10. The Bertz CT molecular complexity index is 156. The van der Waals surface area contributed by atoms with Crippen LogP contribution in [0.2, 0.25) is 0 Å². The first-order chi connectivity index (χ1) is 7.60. The van der Waals surface area contributed by atoms with Gasteiger partial charge >= 0.3 is 0 Å². The predicted molar refractivity (Wildman–Crippen MR) is 70.2 cm³/mol. The van der Waals surface area contributed by atoms with Crippen molar-refractivity contribution in [3.05, 3.63) is 0 Å². The standard InChI is InChI=1S/C14H31NO.BrH/c1-4-7-10-13(15)14(16,11-8-5-2)12-9-6-3;/h13,16H,4-12,15H2,1-3H3;1H. The Kier molecular flexibility index (Phi) is 13.3. The molecule has 0 aliphatic carbocycles. The summed E-state index contributed by atoms with van der Waals surface area (Å²) in [7, 11) is 0. The minimum Gasteiger partial charge on any atom is -1.00 e. The van der Waals surface area contributed by atoms with E-state index in [4.69, 9.17) is 0 Å². The van der Waals surface area contributed by atoms with E-state index in [9.17, 15) is 5.11 Å². The van der Waals surface area contributed by atoms with Crippen LogP contribution in [0.4, 0.5) is 0 Å². The maximum absolute atomic E-state index is 10.7. The van der Waals surface area contributed by atoms with Crippen molar-refractivity contribution >= 4 is 0 Å². The Morgan fingerprint density at radius 3 is 1.71 bits per heavy atom. The lowest BCUT2D eigenvalue weighted by Gasteiger charge is -2.31. The fourth-order valence-corrected chi connectivity index (χ4v) is 2.22. The average Bonchev–Trinajstić information content (AvgIpc) is 2.30. The largest absolute Gasteiger partial charge is 1.00 e. The van der Waals surface area contributed by atoms with Crippen molar-refractivity contribution in [1.82, 2.24) is 0 Å². The molecule has 0 aromatic rings. The molecule has 1 atom stereocenters. The van der Waals surface area contributed by atoms with E-state index < -0.39 is 5.60 Å². The summed E-state index contributed by atoms with van der Waals surface area (Å²) in [5.41, 5.74) is 3.70. The molecule has 0 aromatic heterocycles. The topological polar surface area (TPSA) is 47.9 Å². The van der Waals surface area contributed by atoms with Gasteiger partial charge in [0.2, 0.25) is 0 Å². The summed E-state index contributed by atoms with van der Waals surface area (Å²) in [5, 5.41) is 10.7. The van der Waals surface area contributed by atoms with E-state index in [1.54, 1.807) is 0 Å². The zero-order valence-corrected chi connectivity index (χ0v) is 13.6. The number of aliphatic hydroxyl groups is 1. The second-order valence-corrected chi connectivity index (χ2v) is 5.15. The molecule has 0 fully saturated rings. The van der Waals surface area contributed by atoms with E-state index in [0.29, 0.717) is 0 Å². The van der Waals surface area contributed by atoms with Gasteiger partial charge in [0.25, 0.3) is 0 Å². The molecule has 0 radical (unpaired) electrons. The minimum absolute atomic E-state index is 0. The van der Waals surface area contributed by atoms with E-state index in [1.807, 2.05) is 0 Å². The molecular weight excluding hydrogens is 278 g/mol. The van der Waals surface area contributed by atoms with Crippen LogP contribution >= 0.6 is 0 Å². The summed E-state index contributed by atoms with van der Waals surface area (Å²) in [5.74, 6) is 0. The lowest BCUT2D eigenvalue weighted by atomic mass is 9.82. The van der Waals surface area contributed by atoms with Crippen molar-refractivity contribution in [2.75, 3.05) is 0 Å². The predicted octanol–water partition coefficient (Wildman–Crippen LogP) is -0.0974. The van der Waals surface area contributed by atoms with Gasteiger partial charge in [-0.05, 0) is 19.3 Å². The highest BCUT2D eigenvalue weighted by Gasteiger charge is 2.35. The van der Waals surface area contributed by atoms with Gasteiger partial charge in [0.15, 0.2) is 0 Å². The second kappa shape index (κ2) is 11.5. The van der Waals surface area contributed by atoms with Crippen LogP contribution < -0.4 is 22.7 Å². The molecule has 0 aliphatic rings. The van der Waals surface area contributed by atoms with E-state index in [1.165, 1.54) is 12.8 Å². The normalized spacial score (nSPS) is 13.2. The van der Waals surface area contributed by atoms with Crippen LogP contribution in [0, 0.1) is 0 Å². The molecule has 106 valence electrons. The van der Waals surface area contributed by atoms with Gasteiger partial charge in [0.05, 0.1) is 0 Å². The fourth-order valence-electron chi connectivity index (χ4n) is 2.22. The first-order valence-corrected chi connectivity index (χ1v) is 7.16. The van der Waals surface area contributed by atoms with E-state index in [2.05, 4.69) is 26.5 Å². The molecule has 0 saturated heterocycles. The van der Waals surface area contributed by atoms with Crippen LogP contribution in [0.25, 0.3) is 0 Å².